The number of ether oxygens (including phenoxy) is 1. The van der Waals surface area contributed by atoms with E-state index in [-0.39, 0.29) is 5.75 Å². The van der Waals surface area contributed by atoms with Crippen LogP contribution in [0.5, 0.6) is 5.75 Å². The van der Waals surface area contributed by atoms with Gasteiger partial charge in [0.15, 0.2) is 11.6 Å². The van der Waals surface area contributed by atoms with Crippen LogP contribution in [0.2, 0.25) is 0 Å². The standard InChI is InChI=1S/C12H15FN2O/c1-3-6-15-11(8-14)9-4-5-12(16-2)10(13)7-9/h4-5,7,11,15H,3,6H2,1-2H3. The Morgan fingerprint density at radius 3 is 2.81 bits per heavy atom. The zero-order chi connectivity index (χ0) is 12.0. The number of benzene rings is 1. The monoisotopic (exact) mass is 222 g/mol. The topological polar surface area (TPSA) is 45.0 Å². The number of nitrogens with one attached hydrogen (secondary N) is 1. The highest BCUT2D eigenvalue weighted by Gasteiger charge is 2.12. The third kappa shape index (κ3) is 2.94. The quantitative estimate of drug-likeness (QED) is 0.832. The van der Waals surface area contributed by atoms with Gasteiger partial charge in [-0.05, 0) is 30.7 Å². The van der Waals surface area contributed by atoms with Crippen LogP contribution in [0.25, 0.3) is 0 Å². The van der Waals surface area contributed by atoms with Crippen LogP contribution in [0.1, 0.15) is 24.9 Å². The third-order valence-electron chi connectivity index (χ3n) is 2.24. The van der Waals surface area contributed by atoms with Gasteiger partial charge in [-0.1, -0.05) is 13.0 Å². The molecule has 0 heterocycles. The fourth-order valence-corrected chi connectivity index (χ4v) is 1.39. The van der Waals surface area contributed by atoms with Gasteiger partial charge in [0.1, 0.15) is 6.04 Å². The van der Waals surface area contributed by atoms with E-state index in [1.807, 2.05) is 6.92 Å². The number of methoxy groups -OCH3 is 1. The van der Waals surface area contributed by atoms with Crippen LogP contribution in [-0.4, -0.2) is 13.7 Å². The number of hydrogen-bond donors (Lipinski definition) is 1. The van der Waals surface area contributed by atoms with Gasteiger partial charge < -0.3 is 4.74 Å². The molecule has 1 aromatic rings. The Balaban J connectivity index is 2.86. The normalized spacial score (nSPS) is 11.9. The molecule has 0 fully saturated rings. The number of hydrogen-bond acceptors (Lipinski definition) is 3. The molecule has 4 heteroatoms. The second kappa shape index (κ2) is 6.09. The van der Waals surface area contributed by atoms with E-state index in [9.17, 15) is 4.39 Å². The van der Waals surface area contributed by atoms with Gasteiger partial charge in [0.2, 0.25) is 0 Å². The molecule has 1 unspecified atom stereocenters. The van der Waals surface area contributed by atoms with Gasteiger partial charge in [-0.3, -0.25) is 5.32 Å². The van der Waals surface area contributed by atoms with Crippen LogP contribution < -0.4 is 10.1 Å². The van der Waals surface area contributed by atoms with Crippen LogP contribution in [0.15, 0.2) is 18.2 Å². The van der Waals surface area contributed by atoms with Crippen molar-refractivity contribution in [1.29, 1.82) is 5.26 Å². The highest BCUT2D eigenvalue weighted by molar-refractivity contribution is 5.33. The van der Waals surface area contributed by atoms with Crippen molar-refractivity contribution in [3.8, 4) is 11.8 Å². The Morgan fingerprint density at radius 2 is 2.31 bits per heavy atom. The minimum Gasteiger partial charge on any atom is -0.494 e. The number of nitriles is 1. The third-order valence-corrected chi connectivity index (χ3v) is 2.24. The summed E-state index contributed by atoms with van der Waals surface area (Å²) < 4.78 is 18.2. The predicted molar refractivity (Wildman–Crippen MR) is 59.6 cm³/mol. The predicted octanol–water partition coefficient (Wildman–Crippen LogP) is 2.40. The lowest BCUT2D eigenvalue weighted by molar-refractivity contribution is 0.386. The molecule has 1 aromatic carbocycles. The van der Waals surface area contributed by atoms with Crippen molar-refractivity contribution in [2.24, 2.45) is 0 Å². The maximum absolute atomic E-state index is 13.4. The van der Waals surface area contributed by atoms with E-state index in [1.165, 1.54) is 19.2 Å². The van der Waals surface area contributed by atoms with Gasteiger partial charge >= 0.3 is 0 Å². The summed E-state index contributed by atoms with van der Waals surface area (Å²) in [5, 5.41) is 12.0. The van der Waals surface area contributed by atoms with Crippen LogP contribution in [-0.2, 0) is 0 Å². The molecule has 0 spiro atoms. The fraction of sp³-hybridized carbons (Fsp3) is 0.417. The molecule has 0 aromatic heterocycles. The van der Waals surface area contributed by atoms with Gasteiger partial charge in [-0.15, -0.1) is 0 Å². The molecule has 0 aliphatic rings. The lowest BCUT2D eigenvalue weighted by atomic mass is 10.1. The van der Waals surface area contributed by atoms with Crippen LogP contribution in [0.4, 0.5) is 4.39 Å². The fourth-order valence-electron chi connectivity index (χ4n) is 1.39. The summed E-state index contributed by atoms with van der Waals surface area (Å²) in [6.07, 6.45) is 0.927. The maximum Gasteiger partial charge on any atom is 0.165 e. The van der Waals surface area contributed by atoms with E-state index in [4.69, 9.17) is 10.00 Å². The summed E-state index contributed by atoms with van der Waals surface area (Å²) in [5.41, 5.74) is 0.620. The Kier molecular flexibility index (Phi) is 4.74. The highest BCUT2D eigenvalue weighted by Crippen LogP contribution is 2.21. The van der Waals surface area contributed by atoms with Crippen molar-refractivity contribution in [1.82, 2.24) is 5.32 Å². The molecule has 0 saturated heterocycles. The summed E-state index contributed by atoms with van der Waals surface area (Å²) in [7, 11) is 1.41. The minimum atomic E-state index is -0.472. The highest BCUT2D eigenvalue weighted by atomic mass is 19.1. The smallest absolute Gasteiger partial charge is 0.165 e. The molecular weight excluding hydrogens is 207 g/mol. The van der Waals surface area contributed by atoms with E-state index in [0.29, 0.717) is 5.56 Å². The first-order valence-corrected chi connectivity index (χ1v) is 5.19. The average Bonchev–Trinajstić information content (AvgIpc) is 2.30. The van der Waals surface area contributed by atoms with Gasteiger partial charge in [-0.2, -0.15) is 5.26 Å². The Morgan fingerprint density at radius 1 is 1.56 bits per heavy atom. The molecule has 0 saturated carbocycles. The first kappa shape index (κ1) is 12.5. The van der Waals surface area contributed by atoms with Crippen molar-refractivity contribution in [3.63, 3.8) is 0 Å². The molecule has 3 nitrogen and oxygen atoms in total. The summed E-state index contributed by atoms with van der Waals surface area (Å²) in [5.74, 6) is -0.255. The molecular formula is C12H15FN2O. The largest absolute Gasteiger partial charge is 0.494 e. The van der Waals surface area contributed by atoms with Crippen molar-refractivity contribution >= 4 is 0 Å². The molecule has 16 heavy (non-hydrogen) atoms. The Bertz CT molecular complexity index is 387. The molecule has 1 N–H and O–H groups in total. The summed E-state index contributed by atoms with van der Waals surface area (Å²) >= 11 is 0. The molecule has 0 aliphatic heterocycles. The van der Waals surface area contributed by atoms with Crippen molar-refractivity contribution in [3.05, 3.63) is 29.6 Å². The Labute approximate surface area is 94.8 Å². The van der Waals surface area contributed by atoms with E-state index < -0.39 is 11.9 Å². The maximum atomic E-state index is 13.4. The minimum absolute atomic E-state index is 0.191. The van der Waals surface area contributed by atoms with Gasteiger partial charge in [-0.25, -0.2) is 4.39 Å². The van der Waals surface area contributed by atoms with Gasteiger partial charge in [0.05, 0.1) is 13.2 Å². The summed E-state index contributed by atoms with van der Waals surface area (Å²) in [6.45, 7) is 2.74. The molecule has 1 rings (SSSR count). The van der Waals surface area contributed by atoms with Crippen LogP contribution in [0.3, 0.4) is 0 Å². The van der Waals surface area contributed by atoms with Crippen molar-refractivity contribution in [2.45, 2.75) is 19.4 Å². The summed E-state index contributed by atoms with van der Waals surface area (Å²) in [4.78, 5) is 0. The zero-order valence-electron chi connectivity index (χ0n) is 9.46. The second-order valence-corrected chi connectivity index (χ2v) is 3.41. The van der Waals surface area contributed by atoms with E-state index in [2.05, 4.69) is 11.4 Å². The number of rotatable bonds is 5. The molecule has 0 bridgehead atoms. The van der Waals surface area contributed by atoms with Crippen LogP contribution in [0, 0.1) is 17.1 Å². The van der Waals surface area contributed by atoms with Gasteiger partial charge in [0, 0.05) is 0 Å². The van der Waals surface area contributed by atoms with Crippen molar-refractivity contribution in [2.75, 3.05) is 13.7 Å². The molecule has 0 aliphatic carbocycles. The molecule has 86 valence electrons. The van der Waals surface area contributed by atoms with E-state index in [0.717, 1.165) is 13.0 Å². The second-order valence-electron chi connectivity index (χ2n) is 3.41. The number of halogens is 1. The lowest BCUT2D eigenvalue weighted by Crippen LogP contribution is -2.20. The first-order valence-electron chi connectivity index (χ1n) is 5.19. The number of nitrogens with zero attached hydrogens (tertiary/aromatic N) is 1. The first-order chi connectivity index (χ1) is 7.72. The van der Waals surface area contributed by atoms with Gasteiger partial charge in [0.25, 0.3) is 0 Å². The van der Waals surface area contributed by atoms with Crippen molar-refractivity contribution < 1.29 is 9.13 Å². The molecule has 1 atom stereocenters. The van der Waals surface area contributed by atoms with E-state index in [1.54, 1.807) is 6.07 Å². The SMILES string of the molecule is CCCNC(C#N)c1ccc(OC)c(F)c1. The zero-order valence-corrected chi connectivity index (χ0v) is 9.46. The Hall–Kier alpha value is -1.60. The lowest BCUT2D eigenvalue weighted by Gasteiger charge is -2.12. The molecule has 0 radical (unpaired) electrons. The van der Waals surface area contributed by atoms with Crippen LogP contribution >= 0.6 is 0 Å². The average molecular weight is 222 g/mol. The van der Waals surface area contributed by atoms with E-state index >= 15 is 0 Å². The summed E-state index contributed by atoms with van der Waals surface area (Å²) in [6, 6.07) is 6.18. The molecule has 0 amide bonds.